The Hall–Kier alpha value is -1.63. The highest BCUT2D eigenvalue weighted by atomic mass is 35.5. The second-order valence-corrected chi connectivity index (χ2v) is 7.80. The van der Waals surface area contributed by atoms with Crippen LogP contribution in [0.3, 0.4) is 0 Å². The van der Waals surface area contributed by atoms with Crippen LogP contribution in [0.2, 0.25) is 5.02 Å². The van der Waals surface area contributed by atoms with Crippen LogP contribution in [0.25, 0.3) is 5.65 Å². The molecule has 2 aliphatic heterocycles. The number of likely N-dealkylation sites (tertiary alicyclic amines) is 1. The lowest BCUT2D eigenvalue weighted by molar-refractivity contribution is 0.00839. The van der Waals surface area contributed by atoms with E-state index in [1.807, 2.05) is 11.0 Å². The molecule has 2 fully saturated rings. The topological polar surface area (TPSA) is 50.1 Å². The van der Waals surface area contributed by atoms with Gasteiger partial charge in [0, 0.05) is 44.0 Å². The van der Waals surface area contributed by atoms with E-state index in [1.165, 1.54) is 0 Å². The summed E-state index contributed by atoms with van der Waals surface area (Å²) >= 11 is 6.02. The molecule has 7 heteroatoms. The molecule has 2 aliphatic rings. The molecule has 0 aromatic carbocycles. The van der Waals surface area contributed by atoms with Crippen LogP contribution in [0, 0.1) is 5.41 Å². The average molecular weight is 363 g/mol. The van der Waals surface area contributed by atoms with Crippen molar-refractivity contribution in [2.75, 3.05) is 46.4 Å². The van der Waals surface area contributed by atoms with Crippen molar-refractivity contribution < 1.29 is 9.53 Å². The number of imidazole rings is 1. The van der Waals surface area contributed by atoms with Crippen LogP contribution in [0.15, 0.2) is 24.5 Å². The summed E-state index contributed by atoms with van der Waals surface area (Å²) in [7, 11) is 2.13. The summed E-state index contributed by atoms with van der Waals surface area (Å²) in [5.41, 5.74) is 1.24. The van der Waals surface area contributed by atoms with Gasteiger partial charge in [0.25, 0.3) is 5.91 Å². The average Bonchev–Trinajstić information content (AvgIpc) is 2.93. The van der Waals surface area contributed by atoms with Crippen molar-refractivity contribution in [3.63, 3.8) is 0 Å². The van der Waals surface area contributed by atoms with E-state index in [1.54, 1.807) is 22.9 Å². The third kappa shape index (κ3) is 3.38. The highest BCUT2D eigenvalue weighted by molar-refractivity contribution is 6.30. The molecule has 1 atom stereocenters. The van der Waals surface area contributed by atoms with Crippen molar-refractivity contribution in [3.05, 3.63) is 35.2 Å². The minimum atomic E-state index is -0.00852. The van der Waals surface area contributed by atoms with Crippen LogP contribution >= 0.6 is 11.6 Å². The number of piperidine rings is 1. The zero-order valence-electron chi connectivity index (χ0n) is 14.4. The number of rotatable bonds is 1. The number of aromatic nitrogens is 2. The van der Waals surface area contributed by atoms with Crippen LogP contribution in [-0.4, -0.2) is 71.5 Å². The Balaban J connectivity index is 1.56. The minimum Gasteiger partial charge on any atom is -0.379 e. The van der Waals surface area contributed by atoms with Gasteiger partial charge in [-0.05, 0) is 32.0 Å². The van der Waals surface area contributed by atoms with E-state index in [2.05, 4.69) is 16.9 Å². The van der Waals surface area contributed by atoms with E-state index < -0.39 is 0 Å². The van der Waals surface area contributed by atoms with Gasteiger partial charge in [-0.3, -0.25) is 4.79 Å². The first-order valence-electron chi connectivity index (χ1n) is 8.75. The predicted molar refractivity (Wildman–Crippen MR) is 96.1 cm³/mol. The lowest BCUT2D eigenvalue weighted by Gasteiger charge is -2.43. The number of fused-ring (bicyclic) bond motifs is 1. The van der Waals surface area contributed by atoms with E-state index >= 15 is 0 Å². The minimum absolute atomic E-state index is 0.00852. The van der Waals surface area contributed by atoms with Gasteiger partial charge < -0.3 is 18.9 Å². The summed E-state index contributed by atoms with van der Waals surface area (Å²) in [6, 6.07) is 3.61. The SMILES string of the molecule is CN1CCOC[C@]2(CCCN(C(=O)c3cn4cc(Cl)ccc4n3)C2)C1. The van der Waals surface area contributed by atoms with E-state index in [0.29, 0.717) is 10.7 Å². The largest absolute Gasteiger partial charge is 0.379 e. The first-order valence-corrected chi connectivity index (χ1v) is 9.12. The Morgan fingerprint density at radius 1 is 1.28 bits per heavy atom. The monoisotopic (exact) mass is 362 g/mol. The first kappa shape index (κ1) is 16.8. The van der Waals surface area contributed by atoms with E-state index in [0.717, 1.165) is 57.9 Å². The number of nitrogens with zero attached hydrogens (tertiary/aromatic N) is 4. The van der Waals surface area contributed by atoms with Crippen molar-refractivity contribution in [1.82, 2.24) is 19.2 Å². The maximum absolute atomic E-state index is 13.0. The highest BCUT2D eigenvalue weighted by Gasteiger charge is 2.40. The number of likely N-dealkylation sites (N-methyl/N-ethyl adjacent to an activating group) is 1. The third-order valence-corrected chi connectivity index (χ3v) is 5.44. The van der Waals surface area contributed by atoms with Gasteiger partial charge in [0.1, 0.15) is 11.3 Å². The summed E-state index contributed by atoms with van der Waals surface area (Å²) in [6.07, 6.45) is 5.64. The molecule has 25 heavy (non-hydrogen) atoms. The zero-order chi connectivity index (χ0) is 17.4. The Labute approximate surface area is 152 Å². The molecule has 2 aromatic rings. The second kappa shape index (κ2) is 6.59. The number of amides is 1. The van der Waals surface area contributed by atoms with E-state index in [4.69, 9.17) is 16.3 Å². The van der Waals surface area contributed by atoms with Crippen LogP contribution in [-0.2, 0) is 4.74 Å². The molecule has 0 saturated carbocycles. The lowest BCUT2D eigenvalue weighted by Crippen LogP contribution is -2.51. The summed E-state index contributed by atoms with van der Waals surface area (Å²) in [5.74, 6) is -0.00852. The van der Waals surface area contributed by atoms with Crippen molar-refractivity contribution in [2.24, 2.45) is 5.41 Å². The fourth-order valence-corrected chi connectivity index (χ4v) is 4.23. The van der Waals surface area contributed by atoms with Gasteiger partial charge in [0.15, 0.2) is 0 Å². The fourth-order valence-electron chi connectivity index (χ4n) is 4.06. The number of carbonyl (C=O) groups excluding carboxylic acids is 1. The Kier molecular flexibility index (Phi) is 4.43. The molecule has 2 saturated heterocycles. The molecule has 2 aromatic heterocycles. The van der Waals surface area contributed by atoms with Crippen molar-refractivity contribution in [1.29, 1.82) is 0 Å². The normalized spacial score (nSPS) is 25.4. The number of ether oxygens (including phenoxy) is 1. The maximum Gasteiger partial charge on any atom is 0.274 e. The molecule has 0 N–H and O–H groups in total. The molecule has 4 rings (SSSR count). The molecule has 1 amide bonds. The molecule has 1 spiro atoms. The predicted octanol–water partition coefficient (Wildman–Crippen LogP) is 2.17. The van der Waals surface area contributed by atoms with Crippen LogP contribution in [0.4, 0.5) is 0 Å². The van der Waals surface area contributed by atoms with Gasteiger partial charge in [0.2, 0.25) is 0 Å². The number of carbonyl (C=O) groups is 1. The molecular weight excluding hydrogens is 340 g/mol. The van der Waals surface area contributed by atoms with Crippen molar-refractivity contribution in [3.8, 4) is 0 Å². The van der Waals surface area contributed by atoms with Crippen molar-refractivity contribution in [2.45, 2.75) is 12.8 Å². The van der Waals surface area contributed by atoms with Gasteiger partial charge in [0.05, 0.1) is 18.2 Å². The molecule has 4 heterocycles. The van der Waals surface area contributed by atoms with Crippen LogP contribution in [0.5, 0.6) is 0 Å². The molecule has 0 bridgehead atoms. The number of hydrogen-bond acceptors (Lipinski definition) is 4. The first-order chi connectivity index (χ1) is 12.0. The summed E-state index contributed by atoms with van der Waals surface area (Å²) in [4.78, 5) is 21.7. The van der Waals surface area contributed by atoms with Gasteiger partial charge in [-0.2, -0.15) is 0 Å². The quantitative estimate of drug-likeness (QED) is 0.780. The smallest absolute Gasteiger partial charge is 0.274 e. The fraction of sp³-hybridized carbons (Fsp3) is 0.556. The number of halogens is 1. The third-order valence-electron chi connectivity index (χ3n) is 5.21. The van der Waals surface area contributed by atoms with Crippen molar-refractivity contribution >= 4 is 23.2 Å². The summed E-state index contributed by atoms with van der Waals surface area (Å²) in [5, 5.41) is 0.625. The molecular formula is C18H23ClN4O2. The highest BCUT2D eigenvalue weighted by Crippen LogP contribution is 2.33. The Bertz CT molecular complexity index is 792. The number of hydrogen-bond donors (Lipinski definition) is 0. The van der Waals surface area contributed by atoms with Crippen LogP contribution in [0.1, 0.15) is 23.3 Å². The maximum atomic E-state index is 13.0. The lowest BCUT2D eigenvalue weighted by atomic mass is 9.80. The molecule has 0 unspecified atom stereocenters. The molecule has 0 aliphatic carbocycles. The van der Waals surface area contributed by atoms with Gasteiger partial charge >= 0.3 is 0 Å². The Morgan fingerprint density at radius 3 is 3.04 bits per heavy atom. The van der Waals surface area contributed by atoms with E-state index in [9.17, 15) is 4.79 Å². The van der Waals surface area contributed by atoms with Crippen LogP contribution < -0.4 is 0 Å². The van der Waals surface area contributed by atoms with Gasteiger partial charge in [-0.15, -0.1) is 0 Å². The second-order valence-electron chi connectivity index (χ2n) is 7.36. The summed E-state index contributed by atoms with van der Waals surface area (Å²) in [6.45, 7) is 4.91. The molecule has 6 nitrogen and oxygen atoms in total. The molecule has 0 radical (unpaired) electrons. The summed E-state index contributed by atoms with van der Waals surface area (Å²) < 4.78 is 7.64. The van der Waals surface area contributed by atoms with Gasteiger partial charge in [-0.1, -0.05) is 11.6 Å². The van der Waals surface area contributed by atoms with Gasteiger partial charge in [-0.25, -0.2) is 4.98 Å². The standard InChI is InChI=1S/C18H23ClN4O2/c1-21-7-8-25-13-18(11-21)5-2-6-22(12-18)17(24)15-10-23-9-14(19)3-4-16(23)20-15/h3-4,9-10H,2,5-8,11-13H2,1H3/t18-/m1/s1. The Morgan fingerprint density at radius 2 is 2.16 bits per heavy atom. The molecule has 134 valence electrons. The zero-order valence-corrected chi connectivity index (χ0v) is 15.2. The number of pyridine rings is 1. The van der Waals surface area contributed by atoms with E-state index in [-0.39, 0.29) is 11.3 Å².